The normalized spacial score (nSPS) is 12.8. The Labute approximate surface area is 315 Å². The van der Waals surface area contributed by atoms with E-state index in [1.165, 1.54) is 96.2 Å². The van der Waals surface area contributed by atoms with Crippen molar-refractivity contribution >= 4 is 14.5 Å². The van der Waals surface area contributed by atoms with Gasteiger partial charge in [-0.3, -0.25) is 6.08 Å². The molecular weight excluding hydrogens is 680 g/mol. The van der Waals surface area contributed by atoms with Gasteiger partial charge in [0.1, 0.15) is 0 Å². The monoisotopic (exact) mass is 724 g/mol. The average Bonchev–Trinajstić information content (AvgIpc) is 3.82. The zero-order chi connectivity index (χ0) is 35.3. The predicted molar refractivity (Wildman–Crippen MR) is 212 cm³/mol. The number of hydrogen-bond donors (Lipinski definition) is 0. The maximum absolute atomic E-state index is 3.88. The van der Waals surface area contributed by atoms with Crippen molar-refractivity contribution in [1.82, 2.24) is 0 Å². The zero-order valence-electron chi connectivity index (χ0n) is 30.3. The number of benzene rings is 6. The Kier molecular flexibility index (Phi) is 11.0. The van der Waals surface area contributed by atoms with Gasteiger partial charge in [0.05, 0.1) is 0 Å². The summed E-state index contributed by atoms with van der Waals surface area (Å²) in [5.74, 6) is 0. The van der Waals surface area contributed by atoms with Gasteiger partial charge in [0.15, 0.2) is 0 Å². The van der Waals surface area contributed by atoms with E-state index < -0.39 is 0 Å². The molecule has 0 radical (unpaired) electrons. The molecule has 6 aromatic rings. The van der Waals surface area contributed by atoms with Crippen LogP contribution in [0.5, 0.6) is 0 Å². The summed E-state index contributed by atoms with van der Waals surface area (Å²) in [6, 6.07) is 47.7. The number of hydrogen-bond acceptors (Lipinski definition) is 0. The molecule has 0 saturated heterocycles. The predicted octanol–water partition coefficient (Wildman–Crippen LogP) is 12.8. The molecular formula is C49H46Zr. The van der Waals surface area contributed by atoms with Crippen LogP contribution in [0.3, 0.4) is 0 Å². The molecule has 0 nitrogen and oxygen atoms in total. The van der Waals surface area contributed by atoms with E-state index >= 15 is 0 Å². The first-order valence-corrected chi connectivity index (χ1v) is 19.0. The van der Waals surface area contributed by atoms with Crippen LogP contribution in [0.4, 0.5) is 0 Å². The van der Waals surface area contributed by atoms with E-state index in [0.29, 0.717) is 0 Å². The first-order chi connectivity index (χ1) is 24.0. The standard InChI is InChI=1S/C33H33.C11H8.C5H5.Zr/c1-32(2,3)30-20-26-24(18-28(30)22-13-9-7-10-14-22)17-25-19-29(23-15-11-8-12-16-23)31(21-27(25)26)33(4,5)6;1-9-5-4-7-10-6-2-3-8-11(9)10;1-2-4-5-3-1;/h7-16,18,20-21H,17H2,1-6H3;1-8H;1-3H,4H2;/q-1;;-1;+2. The van der Waals surface area contributed by atoms with Crippen LogP contribution in [-0.2, 0) is 41.5 Å². The Bertz CT molecular complexity index is 2050. The Morgan fingerprint density at radius 1 is 0.620 bits per heavy atom. The van der Waals surface area contributed by atoms with Crippen LogP contribution in [-0.4, -0.2) is 3.71 Å². The molecule has 0 spiro atoms. The fraction of sp³-hybridized carbons (Fsp3) is 0.204. The van der Waals surface area contributed by atoms with Crippen molar-refractivity contribution in [3.63, 3.8) is 0 Å². The summed E-state index contributed by atoms with van der Waals surface area (Å²) in [5, 5.41) is 2.69. The van der Waals surface area contributed by atoms with Crippen LogP contribution in [0, 0.1) is 12.1 Å². The second-order valence-electron chi connectivity index (χ2n) is 15.1. The van der Waals surface area contributed by atoms with Gasteiger partial charge in [0.2, 0.25) is 0 Å². The molecule has 50 heavy (non-hydrogen) atoms. The van der Waals surface area contributed by atoms with Gasteiger partial charge in [0, 0.05) is 0 Å². The summed E-state index contributed by atoms with van der Waals surface area (Å²) in [5.41, 5.74) is 14.9. The SMILES string of the molecule is CC(C)(C)c1cc2c([c-]c1-c1ccccc1)Cc1cc(-c3ccccc3)c(C(C)(C)C)cc1-2.[C-]1=CC=CC1.[Zr+2]=[CH]c1cccc2ccccc12. The Morgan fingerprint density at radius 3 is 1.84 bits per heavy atom. The molecule has 2 aliphatic carbocycles. The van der Waals surface area contributed by atoms with Crippen molar-refractivity contribution in [3.05, 3.63) is 180 Å². The fourth-order valence-electron chi connectivity index (χ4n) is 6.82. The van der Waals surface area contributed by atoms with E-state index in [1.54, 1.807) is 0 Å². The minimum absolute atomic E-state index is 0.0380. The van der Waals surface area contributed by atoms with E-state index in [1.807, 2.05) is 12.2 Å². The van der Waals surface area contributed by atoms with Gasteiger partial charge in [-0.25, -0.2) is 12.2 Å². The summed E-state index contributed by atoms with van der Waals surface area (Å²) in [4.78, 5) is 0. The molecule has 0 fully saturated rings. The molecule has 0 heterocycles. The van der Waals surface area contributed by atoms with Crippen LogP contribution in [0.25, 0.3) is 44.2 Å². The molecule has 0 unspecified atom stereocenters. The van der Waals surface area contributed by atoms with Gasteiger partial charge in [-0.1, -0.05) is 131 Å². The van der Waals surface area contributed by atoms with Crippen molar-refractivity contribution < 1.29 is 24.2 Å². The second-order valence-corrected chi connectivity index (χ2v) is 15.8. The van der Waals surface area contributed by atoms with Gasteiger partial charge < -0.3 is 0 Å². The molecule has 0 atom stereocenters. The summed E-state index contributed by atoms with van der Waals surface area (Å²) < 4.78 is 2.23. The zero-order valence-corrected chi connectivity index (χ0v) is 32.7. The third-order valence-electron chi connectivity index (χ3n) is 9.39. The van der Waals surface area contributed by atoms with Crippen LogP contribution >= 0.6 is 0 Å². The van der Waals surface area contributed by atoms with Crippen molar-refractivity contribution in [3.8, 4) is 33.4 Å². The van der Waals surface area contributed by atoms with Gasteiger partial charge in [-0.2, -0.15) is 6.08 Å². The molecule has 0 saturated carbocycles. The van der Waals surface area contributed by atoms with Crippen LogP contribution in [0.2, 0.25) is 0 Å². The van der Waals surface area contributed by atoms with Crippen molar-refractivity contribution in [1.29, 1.82) is 0 Å². The molecule has 8 rings (SSSR count). The Hall–Kier alpha value is -4.19. The molecule has 0 bridgehead atoms. The molecule has 0 aromatic heterocycles. The van der Waals surface area contributed by atoms with E-state index in [2.05, 4.69) is 185 Å². The fourth-order valence-corrected chi connectivity index (χ4v) is 7.44. The topological polar surface area (TPSA) is 0 Å². The summed E-state index contributed by atoms with van der Waals surface area (Å²) in [6.45, 7) is 13.9. The number of fused-ring (bicyclic) bond motifs is 4. The van der Waals surface area contributed by atoms with Gasteiger partial charge in [-0.15, -0.1) is 35.2 Å². The van der Waals surface area contributed by atoms with Gasteiger partial charge >= 0.3 is 86.7 Å². The molecule has 2 aliphatic rings. The van der Waals surface area contributed by atoms with E-state index in [-0.39, 0.29) is 10.8 Å². The first kappa shape index (κ1) is 35.6. The van der Waals surface area contributed by atoms with Crippen LogP contribution in [0.15, 0.2) is 140 Å². The van der Waals surface area contributed by atoms with Gasteiger partial charge in [0.25, 0.3) is 0 Å². The third kappa shape index (κ3) is 8.06. The molecule has 0 amide bonds. The minimum atomic E-state index is 0.0380. The van der Waals surface area contributed by atoms with Crippen LogP contribution < -0.4 is 0 Å². The van der Waals surface area contributed by atoms with Crippen molar-refractivity contribution in [2.45, 2.75) is 65.2 Å². The molecule has 0 N–H and O–H groups in total. The Morgan fingerprint density at radius 2 is 1.24 bits per heavy atom. The van der Waals surface area contributed by atoms with E-state index in [9.17, 15) is 0 Å². The molecule has 246 valence electrons. The third-order valence-corrected chi connectivity index (χ3v) is 10.2. The molecule has 6 aromatic carbocycles. The molecule has 0 aliphatic heterocycles. The quantitative estimate of drug-likeness (QED) is 0.159. The number of rotatable bonds is 3. The van der Waals surface area contributed by atoms with Crippen molar-refractivity contribution in [2.24, 2.45) is 0 Å². The molecule has 1 heteroatoms. The van der Waals surface area contributed by atoms with E-state index in [0.717, 1.165) is 12.8 Å². The summed E-state index contributed by atoms with van der Waals surface area (Å²) >= 11 is 1.46. The second kappa shape index (κ2) is 15.4. The van der Waals surface area contributed by atoms with Gasteiger partial charge in [-0.05, 0) is 39.5 Å². The van der Waals surface area contributed by atoms with Crippen molar-refractivity contribution in [2.75, 3.05) is 0 Å². The van der Waals surface area contributed by atoms with E-state index in [4.69, 9.17) is 0 Å². The number of allylic oxidation sites excluding steroid dienone is 4. The first-order valence-electron chi connectivity index (χ1n) is 17.6. The average molecular weight is 726 g/mol. The summed E-state index contributed by atoms with van der Waals surface area (Å²) in [6.07, 6.45) is 10.9. The maximum atomic E-state index is 3.88. The Balaban J connectivity index is 0.000000207. The summed E-state index contributed by atoms with van der Waals surface area (Å²) in [7, 11) is 0. The van der Waals surface area contributed by atoms with Crippen LogP contribution in [0.1, 0.15) is 75.8 Å².